The Balaban J connectivity index is 2.70. The van der Waals surface area contributed by atoms with Crippen molar-refractivity contribution in [3.05, 3.63) is 11.6 Å². The van der Waals surface area contributed by atoms with Crippen LogP contribution in [0.1, 0.15) is 34.6 Å². The fourth-order valence-corrected chi connectivity index (χ4v) is 3.88. The first-order valence-corrected chi connectivity index (χ1v) is 14.6. The predicted molar refractivity (Wildman–Crippen MR) is 102 cm³/mol. The fraction of sp³-hybridized carbons (Fsp3) is 0.824. The van der Waals surface area contributed by atoms with E-state index in [0.29, 0.717) is 6.61 Å². The Bertz CT molecular complexity index is 452. The molecule has 0 aromatic rings. The summed E-state index contributed by atoms with van der Waals surface area (Å²) < 4.78 is 17.1. The smallest absolute Gasteiger partial charge is 0.192 e. The number of epoxide rings is 1. The summed E-state index contributed by atoms with van der Waals surface area (Å²) in [4.78, 5) is 0. The maximum Gasteiger partial charge on any atom is 0.192 e. The van der Waals surface area contributed by atoms with Crippen LogP contribution in [0.2, 0.25) is 37.8 Å². The minimum absolute atomic E-state index is 0.131. The summed E-state index contributed by atoms with van der Waals surface area (Å²) in [5.74, 6) is 0. The second-order valence-corrected chi connectivity index (χ2v) is 18.5. The van der Waals surface area contributed by atoms with Crippen LogP contribution in [-0.2, 0) is 9.16 Å². The Morgan fingerprint density at radius 3 is 2.09 bits per heavy atom. The molecule has 22 heavy (non-hydrogen) atoms. The molecular weight excluding hydrogens is 306 g/mol. The lowest BCUT2D eigenvalue weighted by Gasteiger charge is -2.36. The topological polar surface area (TPSA) is 34.1 Å². The van der Waals surface area contributed by atoms with E-state index in [1.165, 1.54) is 5.57 Å². The molecule has 0 aromatic heterocycles. The van der Waals surface area contributed by atoms with Gasteiger partial charge in [-0.3, -0.25) is 0 Å². The summed E-state index contributed by atoms with van der Waals surface area (Å²) in [5, 5.41) is 0.243. The number of rotatable bonds is 6. The van der Waals surface area contributed by atoms with Gasteiger partial charge in [-0.05, 0) is 57.7 Å². The van der Waals surface area contributed by atoms with Gasteiger partial charge < -0.3 is 13.8 Å². The Kier molecular flexibility index (Phi) is 6.04. The summed E-state index contributed by atoms with van der Waals surface area (Å²) in [6, 6.07) is 0. The van der Waals surface area contributed by atoms with Gasteiger partial charge in [0.15, 0.2) is 16.6 Å². The SMILES string of the molecule is CC(C)=C/C(=N/[Si](C)(C)C)[C@@H]1O[C@H]1CO[Si](C)(C)C(C)(C)C. The van der Waals surface area contributed by atoms with Gasteiger partial charge in [0, 0.05) is 0 Å². The van der Waals surface area contributed by atoms with Crippen molar-refractivity contribution in [1.82, 2.24) is 0 Å². The molecule has 0 saturated carbocycles. The highest BCUT2D eigenvalue weighted by atomic mass is 28.4. The highest BCUT2D eigenvalue weighted by Crippen LogP contribution is 2.38. The average Bonchev–Trinajstić information content (AvgIpc) is 3.00. The van der Waals surface area contributed by atoms with Crippen molar-refractivity contribution in [2.45, 2.75) is 84.6 Å². The van der Waals surface area contributed by atoms with Crippen LogP contribution in [0.4, 0.5) is 0 Å². The number of nitrogens with zero attached hydrogens (tertiary/aromatic N) is 1. The maximum atomic E-state index is 6.28. The van der Waals surface area contributed by atoms with Crippen molar-refractivity contribution in [3.8, 4) is 0 Å². The molecule has 0 aromatic carbocycles. The van der Waals surface area contributed by atoms with Gasteiger partial charge in [0.1, 0.15) is 12.2 Å². The lowest BCUT2D eigenvalue weighted by atomic mass is 10.1. The molecule has 0 aliphatic carbocycles. The molecule has 1 aliphatic heterocycles. The van der Waals surface area contributed by atoms with Gasteiger partial charge in [-0.25, -0.2) is 0 Å². The number of hydrogen-bond acceptors (Lipinski definition) is 3. The Morgan fingerprint density at radius 1 is 1.14 bits per heavy atom. The van der Waals surface area contributed by atoms with E-state index in [-0.39, 0.29) is 17.2 Å². The summed E-state index contributed by atoms with van der Waals surface area (Å²) in [7, 11) is -3.20. The van der Waals surface area contributed by atoms with Gasteiger partial charge >= 0.3 is 0 Å². The number of ether oxygens (including phenoxy) is 1. The molecule has 0 bridgehead atoms. The van der Waals surface area contributed by atoms with Crippen molar-refractivity contribution >= 4 is 22.3 Å². The van der Waals surface area contributed by atoms with E-state index in [1.807, 2.05) is 0 Å². The molecule has 1 aliphatic rings. The van der Waals surface area contributed by atoms with E-state index >= 15 is 0 Å². The van der Waals surface area contributed by atoms with Crippen molar-refractivity contribution in [2.75, 3.05) is 6.61 Å². The van der Waals surface area contributed by atoms with Gasteiger partial charge in [0.2, 0.25) is 0 Å². The first-order valence-electron chi connectivity index (χ1n) is 8.27. The third kappa shape index (κ3) is 6.10. The normalized spacial score (nSPS) is 23.5. The summed E-state index contributed by atoms with van der Waals surface area (Å²) in [5.41, 5.74) is 2.39. The fourth-order valence-electron chi connectivity index (χ4n) is 1.90. The van der Waals surface area contributed by atoms with Crippen molar-refractivity contribution in [3.63, 3.8) is 0 Å². The molecule has 5 heteroatoms. The predicted octanol–water partition coefficient (Wildman–Crippen LogP) is 5.02. The van der Waals surface area contributed by atoms with Crippen LogP contribution >= 0.6 is 0 Å². The van der Waals surface area contributed by atoms with Crippen LogP contribution in [0.3, 0.4) is 0 Å². The Hall–Kier alpha value is -0.236. The molecule has 0 spiro atoms. The zero-order valence-electron chi connectivity index (χ0n) is 16.2. The van der Waals surface area contributed by atoms with Gasteiger partial charge in [0.25, 0.3) is 0 Å². The molecule has 1 saturated heterocycles. The molecule has 0 unspecified atom stereocenters. The second-order valence-electron chi connectivity index (χ2n) is 9.10. The molecule has 1 fully saturated rings. The van der Waals surface area contributed by atoms with E-state index < -0.39 is 16.6 Å². The van der Waals surface area contributed by atoms with Gasteiger partial charge in [-0.15, -0.1) is 0 Å². The van der Waals surface area contributed by atoms with E-state index in [4.69, 9.17) is 13.8 Å². The minimum atomic E-state index is -1.70. The van der Waals surface area contributed by atoms with E-state index in [0.717, 1.165) is 5.71 Å². The van der Waals surface area contributed by atoms with Crippen LogP contribution in [0.15, 0.2) is 16.3 Å². The molecule has 0 amide bonds. The monoisotopic (exact) mass is 341 g/mol. The molecule has 128 valence electrons. The zero-order valence-corrected chi connectivity index (χ0v) is 18.2. The summed E-state index contributed by atoms with van der Waals surface area (Å²) >= 11 is 0. The molecule has 1 rings (SSSR count). The molecular formula is C17H35NO2Si2. The molecule has 1 heterocycles. The second kappa shape index (κ2) is 6.71. The largest absolute Gasteiger partial charge is 0.414 e. The van der Waals surface area contributed by atoms with Gasteiger partial charge in [0.05, 0.1) is 12.3 Å². The molecule has 0 radical (unpaired) electrons. The van der Waals surface area contributed by atoms with E-state index in [9.17, 15) is 0 Å². The van der Waals surface area contributed by atoms with E-state index in [2.05, 4.69) is 73.4 Å². The summed E-state index contributed by atoms with van der Waals surface area (Å²) in [6.45, 7) is 23.1. The molecule has 2 atom stereocenters. The Labute approximate surface area is 139 Å². The van der Waals surface area contributed by atoms with Gasteiger partial charge in [-0.2, -0.15) is 0 Å². The van der Waals surface area contributed by atoms with Crippen LogP contribution in [0.5, 0.6) is 0 Å². The zero-order chi connectivity index (χ0) is 17.3. The average molecular weight is 342 g/mol. The van der Waals surface area contributed by atoms with Crippen molar-refractivity contribution in [1.29, 1.82) is 0 Å². The first kappa shape index (κ1) is 19.8. The summed E-state index contributed by atoms with van der Waals surface area (Å²) in [6.07, 6.45) is 2.49. The van der Waals surface area contributed by atoms with E-state index in [1.54, 1.807) is 0 Å². The standard InChI is InChI=1S/C17H35NO2Si2/c1-13(2)11-14(18-21(6,7)8)16-15(20-16)12-19-22(9,10)17(3,4)5/h11,15-16H,12H2,1-10H3/b18-14-/t15-,16-/m0/s1. The van der Waals surface area contributed by atoms with Crippen LogP contribution < -0.4 is 0 Å². The van der Waals surface area contributed by atoms with Crippen molar-refractivity contribution in [2.24, 2.45) is 4.66 Å². The third-order valence-corrected chi connectivity index (χ3v) is 9.62. The highest BCUT2D eigenvalue weighted by Gasteiger charge is 2.45. The van der Waals surface area contributed by atoms with Gasteiger partial charge in [-0.1, -0.05) is 26.3 Å². The van der Waals surface area contributed by atoms with Crippen molar-refractivity contribution < 1.29 is 9.16 Å². The molecule has 0 N–H and O–H groups in total. The highest BCUT2D eigenvalue weighted by molar-refractivity contribution is 6.75. The maximum absolute atomic E-state index is 6.28. The van der Waals surface area contributed by atoms with Crippen LogP contribution in [-0.4, -0.2) is 41.1 Å². The quantitative estimate of drug-likeness (QED) is 0.386. The number of hydrogen-bond donors (Lipinski definition) is 0. The number of allylic oxidation sites excluding steroid dienone is 1. The lowest BCUT2D eigenvalue weighted by molar-refractivity contribution is 0.243. The molecule has 3 nitrogen and oxygen atoms in total. The first-order chi connectivity index (χ1) is 9.73. The lowest BCUT2D eigenvalue weighted by Crippen LogP contribution is -2.41. The Morgan fingerprint density at radius 2 is 1.68 bits per heavy atom. The van der Waals surface area contributed by atoms with Crippen LogP contribution in [0.25, 0.3) is 0 Å². The van der Waals surface area contributed by atoms with Crippen LogP contribution in [0, 0.1) is 0 Å². The third-order valence-electron chi connectivity index (χ3n) is 4.19. The minimum Gasteiger partial charge on any atom is -0.414 e.